The lowest BCUT2D eigenvalue weighted by Gasteiger charge is -2.15. The smallest absolute Gasteiger partial charge is 0.337 e. The zero-order valence-corrected chi connectivity index (χ0v) is 14.9. The number of carbonyl (C=O) groups is 1. The Kier molecular flexibility index (Phi) is 7.02. The molecule has 0 radical (unpaired) electrons. The van der Waals surface area contributed by atoms with E-state index in [4.69, 9.17) is 0 Å². The molecule has 6 nitrogen and oxygen atoms in total. The van der Waals surface area contributed by atoms with Crippen molar-refractivity contribution in [1.29, 1.82) is 0 Å². The summed E-state index contributed by atoms with van der Waals surface area (Å²) in [5.41, 5.74) is 0.390. The van der Waals surface area contributed by atoms with E-state index in [0.717, 1.165) is 6.42 Å². The van der Waals surface area contributed by atoms with Crippen LogP contribution in [0.5, 0.6) is 0 Å². The lowest BCUT2D eigenvalue weighted by atomic mass is 10.1. The second-order valence-electron chi connectivity index (χ2n) is 6.05. The first kappa shape index (κ1) is 19.4. The van der Waals surface area contributed by atoms with Gasteiger partial charge >= 0.3 is 5.97 Å². The van der Waals surface area contributed by atoms with Gasteiger partial charge in [-0.25, -0.2) is 17.9 Å². The molecule has 0 aliphatic heterocycles. The summed E-state index contributed by atoms with van der Waals surface area (Å²) in [6, 6.07) is 3.92. The van der Waals surface area contributed by atoms with E-state index in [1.807, 2.05) is 6.92 Å². The van der Waals surface area contributed by atoms with Gasteiger partial charge in [-0.05, 0) is 43.9 Å². The first-order chi connectivity index (χ1) is 10.7. The number of hydrogen-bond donors (Lipinski definition) is 3. The molecule has 0 fully saturated rings. The summed E-state index contributed by atoms with van der Waals surface area (Å²) < 4.78 is 27.1. The number of aromatic carboxylic acids is 1. The van der Waals surface area contributed by atoms with Crippen LogP contribution in [0.2, 0.25) is 0 Å². The minimum atomic E-state index is -3.72. The summed E-state index contributed by atoms with van der Waals surface area (Å²) in [6.07, 6.45) is 1.55. The molecule has 1 rings (SSSR count). The first-order valence-electron chi connectivity index (χ1n) is 7.81. The molecule has 23 heavy (non-hydrogen) atoms. The number of carboxylic acids is 1. The normalized spacial score (nSPS) is 13.1. The summed E-state index contributed by atoms with van der Waals surface area (Å²) in [5, 5.41) is 12.4. The van der Waals surface area contributed by atoms with E-state index >= 15 is 0 Å². The highest BCUT2D eigenvalue weighted by Gasteiger charge is 2.20. The van der Waals surface area contributed by atoms with E-state index in [-0.39, 0.29) is 16.5 Å². The molecule has 130 valence electrons. The predicted octanol–water partition coefficient (Wildman–Crippen LogP) is 2.92. The molecule has 0 spiro atoms. The summed E-state index contributed by atoms with van der Waals surface area (Å²) in [6.45, 7) is 8.43. The fraction of sp³-hybridized carbons (Fsp3) is 0.562. The van der Waals surface area contributed by atoms with Crippen molar-refractivity contribution in [3.05, 3.63) is 23.8 Å². The van der Waals surface area contributed by atoms with Crippen LogP contribution in [0.4, 0.5) is 5.69 Å². The van der Waals surface area contributed by atoms with Crippen LogP contribution in [0.15, 0.2) is 23.1 Å². The maximum Gasteiger partial charge on any atom is 0.337 e. The van der Waals surface area contributed by atoms with E-state index in [2.05, 4.69) is 23.9 Å². The van der Waals surface area contributed by atoms with Gasteiger partial charge in [0.1, 0.15) is 0 Å². The molecule has 1 aromatic rings. The Hall–Kier alpha value is -1.60. The van der Waals surface area contributed by atoms with Gasteiger partial charge in [0.05, 0.1) is 10.5 Å². The molecular weight excluding hydrogens is 316 g/mol. The average Bonchev–Trinajstić information content (AvgIpc) is 2.46. The quantitative estimate of drug-likeness (QED) is 0.641. The highest BCUT2D eigenvalue weighted by Crippen LogP contribution is 2.21. The maximum atomic E-state index is 12.3. The van der Waals surface area contributed by atoms with Gasteiger partial charge in [0, 0.05) is 18.3 Å². The molecule has 1 aromatic carbocycles. The third-order valence-corrected chi connectivity index (χ3v) is 5.12. The van der Waals surface area contributed by atoms with E-state index in [1.54, 1.807) is 6.92 Å². The molecule has 7 heteroatoms. The Morgan fingerprint density at radius 3 is 2.43 bits per heavy atom. The number of sulfonamides is 1. The zero-order chi connectivity index (χ0) is 17.6. The van der Waals surface area contributed by atoms with Gasteiger partial charge in [-0.2, -0.15) is 0 Å². The third kappa shape index (κ3) is 5.84. The lowest BCUT2D eigenvalue weighted by Crippen LogP contribution is -2.32. The first-order valence-corrected chi connectivity index (χ1v) is 9.29. The van der Waals surface area contributed by atoms with Crippen molar-refractivity contribution in [2.45, 2.75) is 51.5 Å². The Morgan fingerprint density at radius 1 is 1.26 bits per heavy atom. The van der Waals surface area contributed by atoms with Crippen LogP contribution in [-0.4, -0.2) is 32.1 Å². The topological polar surface area (TPSA) is 95.5 Å². The average molecular weight is 342 g/mol. The number of anilines is 1. The highest BCUT2D eigenvalue weighted by molar-refractivity contribution is 7.89. The van der Waals surface area contributed by atoms with Crippen LogP contribution < -0.4 is 10.0 Å². The predicted molar refractivity (Wildman–Crippen MR) is 91.4 cm³/mol. The highest BCUT2D eigenvalue weighted by atomic mass is 32.2. The minimum Gasteiger partial charge on any atom is -0.478 e. The Labute approximate surface area is 138 Å². The molecule has 0 saturated carbocycles. The van der Waals surface area contributed by atoms with Gasteiger partial charge in [-0.15, -0.1) is 0 Å². The summed E-state index contributed by atoms with van der Waals surface area (Å²) >= 11 is 0. The Morgan fingerprint density at radius 2 is 1.91 bits per heavy atom. The number of nitrogens with one attached hydrogen (secondary N) is 2. The molecule has 0 aliphatic rings. The van der Waals surface area contributed by atoms with Crippen LogP contribution in [0.25, 0.3) is 0 Å². The number of rotatable bonds is 9. The molecule has 1 unspecified atom stereocenters. The molecule has 0 aromatic heterocycles. The molecule has 0 saturated heterocycles. The summed E-state index contributed by atoms with van der Waals surface area (Å²) in [7, 11) is -3.72. The SMILES string of the molecule is CCC(C)NS(=O)(=O)c1ccc(NCCC(C)C)c(C(=O)O)c1. The third-order valence-electron chi connectivity index (χ3n) is 3.54. The Bertz CT molecular complexity index is 641. The molecule has 0 aliphatic carbocycles. The summed E-state index contributed by atoms with van der Waals surface area (Å²) in [5.74, 6) is -0.659. The number of hydrogen-bond acceptors (Lipinski definition) is 4. The molecular formula is C16H26N2O4S. The molecule has 3 N–H and O–H groups in total. The summed E-state index contributed by atoms with van der Waals surface area (Å²) in [4.78, 5) is 11.4. The van der Waals surface area contributed by atoms with Crippen molar-refractivity contribution in [2.24, 2.45) is 5.92 Å². The van der Waals surface area contributed by atoms with Crippen LogP contribution in [0, 0.1) is 5.92 Å². The second-order valence-corrected chi connectivity index (χ2v) is 7.77. The van der Waals surface area contributed by atoms with Crippen LogP contribution in [-0.2, 0) is 10.0 Å². The Balaban J connectivity index is 3.06. The van der Waals surface area contributed by atoms with Crippen LogP contribution in [0.3, 0.4) is 0 Å². The van der Waals surface area contributed by atoms with Crippen molar-refractivity contribution < 1.29 is 18.3 Å². The zero-order valence-electron chi connectivity index (χ0n) is 14.1. The van der Waals surface area contributed by atoms with Crippen molar-refractivity contribution in [1.82, 2.24) is 4.72 Å². The lowest BCUT2D eigenvalue weighted by molar-refractivity contribution is 0.0697. The number of benzene rings is 1. The van der Waals surface area contributed by atoms with Gasteiger partial charge in [0.15, 0.2) is 0 Å². The minimum absolute atomic E-state index is 0.0374. The van der Waals surface area contributed by atoms with Crippen LogP contribution in [0.1, 0.15) is 50.9 Å². The van der Waals surface area contributed by atoms with E-state index in [9.17, 15) is 18.3 Å². The monoisotopic (exact) mass is 342 g/mol. The largest absolute Gasteiger partial charge is 0.478 e. The molecule has 1 atom stereocenters. The fourth-order valence-corrected chi connectivity index (χ4v) is 3.29. The van der Waals surface area contributed by atoms with Crippen LogP contribution >= 0.6 is 0 Å². The van der Waals surface area contributed by atoms with E-state index in [1.165, 1.54) is 18.2 Å². The van der Waals surface area contributed by atoms with Crippen molar-refractivity contribution >= 4 is 21.7 Å². The van der Waals surface area contributed by atoms with Gasteiger partial charge in [0.2, 0.25) is 10.0 Å². The molecule has 0 amide bonds. The van der Waals surface area contributed by atoms with Crippen molar-refractivity contribution in [2.75, 3.05) is 11.9 Å². The van der Waals surface area contributed by atoms with Gasteiger partial charge in [-0.3, -0.25) is 0 Å². The number of carboxylic acid groups (broad SMARTS) is 1. The van der Waals surface area contributed by atoms with E-state index in [0.29, 0.717) is 24.6 Å². The second kappa shape index (κ2) is 8.31. The van der Waals surface area contributed by atoms with Gasteiger partial charge in [-0.1, -0.05) is 20.8 Å². The van der Waals surface area contributed by atoms with Gasteiger partial charge < -0.3 is 10.4 Å². The standard InChI is InChI=1S/C16H26N2O4S/c1-5-12(4)18-23(21,22)13-6-7-15(14(10-13)16(19)20)17-9-8-11(2)3/h6-7,10-12,17-18H,5,8-9H2,1-4H3,(H,19,20). The van der Waals surface area contributed by atoms with Crippen molar-refractivity contribution in [3.63, 3.8) is 0 Å². The van der Waals surface area contributed by atoms with E-state index < -0.39 is 16.0 Å². The van der Waals surface area contributed by atoms with Gasteiger partial charge in [0.25, 0.3) is 0 Å². The fourth-order valence-electron chi connectivity index (χ4n) is 1.93. The molecule has 0 bridgehead atoms. The maximum absolute atomic E-state index is 12.3. The molecule has 0 heterocycles. The van der Waals surface area contributed by atoms with Crippen molar-refractivity contribution in [3.8, 4) is 0 Å².